The molecule has 2 rings (SSSR count). The number of carbonyl (C=O) groups is 1. The molecule has 1 aromatic heterocycles. The van der Waals surface area contributed by atoms with Gasteiger partial charge in [-0.2, -0.15) is 0 Å². The third-order valence-electron chi connectivity index (χ3n) is 3.00. The molecule has 0 saturated carbocycles. The van der Waals surface area contributed by atoms with Crippen molar-refractivity contribution in [1.29, 1.82) is 0 Å². The summed E-state index contributed by atoms with van der Waals surface area (Å²) in [5, 5.41) is 2.69. The second kappa shape index (κ2) is 7.04. The Morgan fingerprint density at radius 1 is 1.05 bits per heavy atom. The number of sulfonamides is 1. The molecule has 0 spiro atoms. The maximum Gasteiger partial charge on any atom is 0.261 e. The van der Waals surface area contributed by atoms with Crippen LogP contribution < -0.4 is 10.0 Å². The lowest BCUT2D eigenvalue weighted by Gasteiger charge is -2.08. The van der Waals surface area contributed by atoms with Crippen LogP contribution in [0.5, 0.6) is 0 Å². The van der Waals surface area contributed by atoms with Gasteiger partial charge in [-0.25, -0.2) is 13.1 Å². The Bertz CT molecular complexity index is 749. The van der Waals surface area contributed by atoms with E-state index in [0.29, 0.717) is 4.88 Å². The third-order valence-corrected chi connectivity index (χ3v) is 5.47. The molecule has 2 aromatic rings. The van der Waals surface area contributed by atoms with Gasteiger partial charge in [0.2, 0.25) is 10.0 Å². The molecule has 0 bridgehead atoms. The van der Waals surface area contributed by atoms with Crippen molar-refractivity contribution >= 4 is 27.3 Å². The van der Waals surface area contributed by atoms with E-state index in [-0.39, 0.29) is 23.9 Å². The number of thiophene rings is 1. The zero-order chi connectivity index (χ0) is 16.2. The first kappa shape index (κ1) is 16.7. The van der Waals surface area contributed by atoms with Crippen LogP contribution >= 0.6 is 11.3 Å². The van der Waals surface area contributed by atoms with Gasteiger partial charge in [-0.1, -0.05) is 17.7 Å². The normalized spacial score (nSPS) is 11.4. The van der Waals surface area contributed by atoms with Crippen LogP contribution in [0.4, 0.5) is 0 Å². The van der Waals surface area contributed by atoms with Crippen LogP contribution in [0.1, 0.15) is 20.1 Å². The summed E-state index contributed by atoms with van der Waals surface area (Å²) in [5.74, 6) is -0.187. The molecule has 0 fully saturated rings. The van der Waals surface area contributed by atoms with Gasteiger partial charge in [0.1, 0.15) is 0 Å². The summed E-state index contributed by atoms with van der Waals surface area (Å²) in [6, 6.07) is 10.2. The van der Waals surface area contributed by atoms with Crippen molar-refractivity contribution in [1.82, 2.24) is 10.0 Å². The van der Waals surface area contributed by atoms with Crippen molar-refractivity contribution < 1.29 is 13.2 Å². The highest BCUT2D eigenvalue weighted by Gasteiger charge is 2.13. The quantitative estimate of drug-likeness (QED) is 0.792. The Kier molecular flexibility index (Phi) is 5.33. The molecule has 22 heavy (non-hydrogen) atoms. The number of aryl methyl sites for hydroxylation is 2. The lowest BCUT2D eigenvalue weighted by molar-refractivity contribution is 0.0958. The minimum atomic E-state index is -3.53. The molecular weight excluding hydrogens is 320 g/mol. The van der Waals surface area contributed by atoms with Crippen LogP contribution in [0.25, 0.3) is 0 Å². The molecule has 0 saturated heterocycles. The number of hydrogen-bond donors (Lipinski definition) is 2. The first-order chi connectivity index (χ1) is 10.4. The first-order valence-electron chi connectivity index (χ1n) is 6.79. The molecule has 1 amide bonds. The summed E-state index contributed by atoms with van der Waals surface area (Å²) in [6.07, 6.45) is 0. The van der Waals surface area contributed by atoms with Gasteiger partial charge in [0.05, 0.1) is 9.77 Å². The molecule has 7 heteroatoms. The number of nitrogens with one attached hydrogen (secondary N) is 2. The van der Waals surface area contributed by atoms with Crippen molar-refractivity contribution in [3.63, 3.8) is 0 Å². The average Bonchev–Trinajstić information content (AvgIpc) is 2.90. The summed E-state index contributed by atoms with van der Waals surface area (Å²) < 4.78 is 26.5. The fourth-order valence-electron chi connectivity index (χ4n) is 1.81. The van der Waals surface area contributed by atoms with Crippen molar-refractivity contribution in [3.05, 3.63) is 51.7 Å². The number of hydrogen-bond acceptors (Lipinski definition) is 4. The van der Waals surface area contributed by atoms with Gasteiger partial charge in [0, 0.05) is 18.0 Å². The van der Waals surface area contributed by atoms with Crippen molar-refractivity contribution in [2.24, 2.45) is 0 Å². The van der Waals surface area contributed by atoms with E-state index in [1.54, 1.807) is 30.3 Å². The second-order valence-electron chi connectivity index (χ2n) is 4.88. The zero-order valence-corrected chi connectivity index (χ0v) is 14.1. The van der Waals surface area contributed by atoms with Gasteiger partial charge in [0.25, 0.3) is 5.91 Å². The van der Waals surface area contributed by atoms with Gasteiger partial charge in [-0.15, -0.1) is 11.3 Å². The van der Waals surface area contributed by atoms with E-state index in [4.69, 9.17) is 0 Å². The molecule has 0 unspecified atom stereocenters. The van der Waals surface area contributed by atoms with Crippen molar-refractivity contribution in [3.8, 4) is 0 Å². The average molecular weight is 338 g/mol. The molecule has 1 aromatic carbocycles. The Morgan fingerprint density at radius 3 is 2.32 bits per heavy atom. The van der Waals surface area contributed by atoms with E-state index in [0.717, 1.165) is 10.4 Å². The maximum absolute atomic E-state index is 12.0. The predicted molar refractivity (Wildman–Crippen MR) is 87.8 cm³/mol. The zero-order valence-electron chi connectivity index (χ0n) is 12.4. The molecule has 5 nitrogen and oxygen atoms in total. The molecule has 0 atom stereocenters. The fourth-order valence-corrected chi connectivity index (χ4v) is 3.62. The predicted octanol–water partition coefficient (Wildman–Crippen LogP) is 2.07. The van der Waals surface area contributed by atoms with Gasteiger partial charge >= 0.3 is 0 Å². The van der Waals surface area contributed by atoms with Gasteiger partial charge in [-0.05, 0) is 38.1 Å². The molecule has 0 radical (unpaired) electrons. The smallest absolute Gasteiger partial charge is 0.261 e. The summed E-state index contributed by atoms with van der Waals surface area (Å²) in [5.41, 5.74) is 0.998. The first-order valence-corrected chi connectivity index (χ1v) is 9.09. The molecule has 118 valence electrons. The summed E-state index contributed by atoms with van der Waals surface area (Å²) in [7, 11) is -3.53. The van der Waals surface area contributed by atoms with E-state index in [1.807, 2.05) is 19.9 Å². The lowest BCUT2D eigenvalue weighted by atomic mass is 10.2. The SMILES string of the molecule is Cc1ccc(S(=O)(=O)NCCNC(=O)c2ccc(C)s2)cc1. The lowest BCUT2D eigenvalue weighted by Crippen LogP contribution is -2.34. The summed E-state index contributed by atoms with van der Waals surface area (Å²) in [6.45, 7) is 4.20. The standard InChI is InChI=1S/C15H18N2O3S2/c1-11-3-6-13(7-4-11)22(19,20)17-10-9-16-15(18)14-8-5-12(2)21-14/h3-8,17H,9-10H2,1-2H3,(H,16,18). The van der Waals surface area contributed by atoms with Crippen LogP contribution in [0.2, 0.25) is 0 Å². The van der Waals surface area contributed by atoms with Crippen molar-refractivity contribution in [2.75, 3.05) is 13.1 Å². The van der Waals surface area contributed by atoms with Crippen LogP contribution in [0.15, 0.2) is 41.3 Å². The minimum absolute atomic E-state index is 0.145. The van der Waals surface area contributed by atoms with E-state index in [9.17, 15) is 13.2 Å². The topological polar surface area (TPSA) is 75.3 Å². The second-order valence-corrected chi connectivity index (χ2v) is 7.93. The van der Waals surface area contributed by atoms with Crippen LogP contribution in [0.3, 0.4) is 0 Å². The van der Waals surface area contributed by atoms with Gasteiger partial charge < -0.3 is 5.32 Å². The molecule has 0 aliphatic carbocycles. The third kappa shape index (κ3) is 4.40. The van der Waals surface area contributed by atoms with Crippen LogP contribution in [-0.4, -0.2) is 27.4 Å². The Morgan fingerprint density at radius 2 is 1.73 bits per heavy atom. The maximum atomic E-state index is 12.0. The Balaban J connectivity index is 1.83. The molecular formula is C15H18N2O3S2. The van der Waals surface area contributed by atoms with E-state index in [2.05, 4.69) is 10.0 Å². The Labute approximate surface area is 134 Å². The van der Waals surface area contributed by atoms with Crippen molar-refractivity contribution in [2.45, 2.75) is 18.7 Å². The van der Waals surface area contributed by atoms with Crippen LogP contribution in [-0.2, 0) is 10.0 Å². The Hall–Kier alpha value is -1.70. The highest BCUT2D eigenvalue weighted by molar-refractivity contribution is 7.89. The minimum Gasteiger partial charge on any atom is -0.350 e. The summed E-state index contributed by atoms with van der Waals surface area (Å²) in [4.78, 5) is 13.7. The number of carbonyl (C=O) groups excluding carboxylic acids is 1. The number of rotatable bonds is 6. The molecule has 0 aliphatic rings. The molecule has 0 aliphatic heterocycles. The summed E-state index contributed by atoms with van der Waals surface area (Å²) >= 11 is 1.41. The largest absolute Gasteiger partial charge is 0.350 e. The monoisotopic (exact) mass is 338 g/mol. The highest BCUT2D eigenvalue weighted by atomic mass is 32.2. The van der Waals surface area contributed by atoms with Crippen LogP contribution in [0, 0.1) is 13.8 Å². The number of benzene rings is 1. The molecule has 2 N–H and O–H groups in total. The van der Waals surface area contributed by atoms with E-state index in [1.165, 1.54) is 11.3 Å². The van der Waals surface area contributed by atoms with E-state index >= 15 is 0 Å². The van der Waals surface area contributed by atoms with Gasteiger partial charge in [-0.3, -0.25) is 4.79 Å². The van der Waals surface area contributed by atoms with Gasteiger partial charge in [0.15, 0.2) is 0 Å². The molecule has 1 heterocycles. The fraction of sp³-hybridized carbons (Fsp3) is 0.267. The number of amides is 1. The highest BCUT2D eigenvalue weighted by Crippen LogP contribution is 2.14. The van der Waals surface area contributed by atoms with E-state index < -0.39 is 10.0 Å².